The Hall–Kier alpha value is -5.10. The van der Waals surface area contributed by atoms with Crippen molar-refractivity contribution in [2.75, 3.05) is 10.7 Å². The molecule has 4 rings (SSSR count). The Morgan fingerprint density at radius 2 is 1.43 bits per heavy atom. The number of anilines is 2. The van der Waals surface area contributed by atoms with Crippen LogP contribution in [0, 0.1) is 20.2 Å². The molecule has 186 valence electrons. The van der Waals surface area contributed by atoms with Crippen molar-refractivity contribution in [3.05, 3.63) is 127 Å². The van der Waals surface area contributed by atoms with E-state index in [1.165, 1.54) is 12.1 Å². The van der Waals surface area contributed by atoms with E-state index >= 15 is 0 Å². The molecule has 3 N–H and O–H groups in total. The van der Waals surface area contributed by atoms with Crippen LogP contribution in [0.25, 0.3) is 0 Å². The van der Waals surface area contributed by atoms with E-state index in [4.69, 9.17) is 11.6 Å². The number of aromatic nitrogens is 2. The van der Waals surface area contributed by atoms with Gasteiger partial charge < -0.3 is 5.32 Å². The summed E-state index contributed by atoms with van der Waals surface area (Å²) in [6.45, 7) is 0. The van der Waals surface area contributed by atoms with Gasteiger partial charge in [0.1, 0.15) is 11.3 Å². The first kappa shape index (κ1) is 25.0. The minimum absolute atomic E-state index is 0.0865. The van der Waals surface area contributed by atoms with Crippen molar-refractivity contribution in [3.63, 3.8) is 0 Å². The van der Waals surface area contributed by atoms with Gasteiger partial charge in [-0.05, 0) is 23.3 Å². The smallest absolute Gasteiger partial charge is 0.353 e. The number of amides is 1. The van der Waals surface area contributed by atoms with Crippen LogP contribution < -0.4 is 16.2 Å². The molecule has 0 bridgehead atoms. The average Bonchev–Trinajstić information content (AvgIpc) is 2.91. The Morgan fingerprint density at radius 3 is 2.00 bits per heavy atom. The van der Waals surface area contributed by atoms with E-state index in [0.29, 0.717) is 0 Å². The van der Waals surface area contributed by atoms with Gasteiger partial charge in [-0.3, -0.25) is 35.9 Å². The number of nitro benzene ring substituents is 1. The van der Waals surface area contributed by atoms with Gasteiger partial charge in [-0.2, -0.15) is 0 Å². The molecule has 12 nitrogen and oxygen atoms in total. The number of carbonyl (C=O) groups excluding carboxylic acids is 1. The van der Waals surface area contributed by atoms with Gasteiger partial charge in [0.2, 0.25) is 11.6 Å². The SMILES string of the molecule is O=C(NNc1ncnc(NC(c2ccccc2)c2ccccc2)c1[N+](=O)[O-])c1ccc(Cl)c([N+](=O)[O-])c1. The highest BCUT2D eigenvalue weighted by molar-refractivity contribution is 6.32. The summed E-state index contributed by atoms with van der Waals surface area (Å²) in [6.07, 6.45) is 1.10. The Labute approximate surface area is 214 Å². The standard InChI is InChI=1S/C24H18ClN7O5/c25-18-12-11-17(13-19(18)31(34)35)24(33)30-29-23-21(32(36)37)22(26-14-27-23)28-20(15-7-3-1-4-8-15)16-9-5-2-6-10-16/h1-14,20H,(H,30,33)(H2,26,27,28,29). The lowest BCUT2D eigenvalue weighted by Crippen LogP contribution is -2.30. The van der Waals surface area contributed by atoms with Crippen molar-refractivity contribution in [2.24, 2.45) is 0 Å². The summed E-state index contributed by atoms with van der Waals surface area (Å²) in [7, 11) is 0. The second-order valence-electron chi connectivity index (χ2n) is 7.58. The van der Waals surface area contributed by atoms with Crippen LogP contribution in [0.1, 0.15) is 27.5 Å². The maximum atomic E-state index is 12.5. The van der Waals surface area contributed by atoms with E-state index in [9.17, 15) is 25.0 Å². The van der Waals surface area contributed by atoms with E-state index < -0.39 is 33.2 Å². The first-order valence-corrected chi connectivity index (χ1v) is 11.1. The third-order valence-electron chi connectivity index (χ3n) is 5.25. The number of nitrogens with zero attached hydrogens (tertiary/aromatic N) is 4. The number of hydrogen-bond acceptors (Lipinski definition) is 9. The highest BCUT2D eigenvalue weighted by Gasteiger charge is 2.27. The van der Waals surface area contributed by atoms with E-state index in [1.54, 1.807) is 0 Å². The molecule has 1 amide bonds. The highest BCUT2D eigenvalue weighted by atomic mass is 35.5. The van der Waals surface area contributed by atoms with Crippen molar-refractivity contribution >= 4 is 40.5 Å². The third-order valence-corrected chi connectivity index (χ3v) is 5.57. The average molecular weight is 520 g/mol. The predicted molar refractivity (Wildman–Crippen MR) is 136 cm³/mol. The predicted octanol–water partition coefficient (Wildman–Crippen LogP) is 4.90. The summed E-state index contributed by atoms with van der Waals surface area (Å²) in [6, 6.07) is 21.6. The second-order valence-corrected chi connectivity index (χ2v) is 7.98. The fourth-order valence-corrected chi connectivity index (χ4v) is 3.70. The topological polar surface area (TPSA) is 165 Å². The van der Waals surface area contributed by atoms with Crippen molar-refractivity contribution in [3.8, 4) is 0 Å². The molecule has 0 saturated heterocycles. The van der Waals surface area contributed by atoms with Crippen molar-refractivity contribution in [2.45, 2.75) is 6.04 Å². The van der Waals surface area contributed by atoms with Crippen LogP contribution in [-0.4, -0.2) is 25.7 Å². The summed E-state index contributed by atoms with van der Waals surface area (Å²) in [4.78, 5) is 42.2. The molecular formula is C24H18ClN7O5. The van der Waals surface area contributed by atoms with Gasteiger partial charge in [-0.1, -0.05) is 72.3 Å². The number of nitrogens with one attached hydrogen (secondary N) is 3. The number of nitro groups is 2. The van der Waals surface area contributed by atoms with E-state index in [2.05, 4.69) is 26.1 Å². The maximum absolute atomic E-state index is 12.5. The number of hydrogen-bond donors (Lipinski definition) is 3. The minimum atomic E-state index is -0.798. The number of benzene rings is 3. The molecule has 1 aromatic heterocycles. The van der Waals surface area contributed by atoms with Gasteiger partial charge in [0, 0.05) is 11.6 Å². The van der Waals surface area contributed by atoms with Crippen LogP contribution in [-0.2, 0) is 0 Å². The summed E-state index contributed by atoms with van der Waals surface area (Å²) < 4.78 is 0. The number of hydrazine groups is 1. The molecule has 1 heterocycles. The van der Waals surface area contributed by atoms with Crippen molar-refractivity contribution < 1.29 is 14.6 Å². The molecule has 0 fully saturated rings. The Balaban J connectivity index is 1.62. The fraction of sp³-hybridized carbons (Fsp3) is 0.0417. The van der Waals surface area contributed by atoms with E-state index in [-0.39, 0.29) is 22.2 Å². The zero-order chi connectivity index (χ0) is 26.4. The van der Waals surface area contributed by atoms with Gasteiger partial charge in [0.05, 0.1) is 15.9 Å². The molecule has 37 heavy (non-hydrogen) atoms. The zero-order valence-electron chi connectivity index (χ0n) is 18.9. The molecule has 13 heteroatoms. The maximum Gasteiger partial charge on any atom is 0.354 e. The normalized spacial score (nSPS) is 10.5. The van der Waals surface area contributed by atoms with E-state index in [0.717, 1.165) is 23.5 Å². The monoisotopic (exact) mass is 519 g/mol. The number of halogens is 1. The van der Waals surface area contributed by atoms with Crippen LogP contribution in [0.2, 0.25) is 5.02 Å². The first-order chi connectivity index (χ1) is 17.8. The molecule has 4 aromatic rings. The van der Waals surface area contributed by atoms with E-state index in [1.807, 2.05) is 60.7 Å². The summed E-state index contributed by atoms with van der Waals surface area (Å²) >= 11 is 5.78. The second kappa shape index (κ2) is 11.1. The van der Waals surface area contributed by atoms with Crippen LogP contribution in [0.4, 0.5) is 23.0 Å². The van der Waals surface area contributed by atoms with Crippen molar-refractivity contribution in [1.29, 1.82) is 0 Å². The minimum Gasteiger partial charge on any atom is -0.353 e. The van der Waals surface area contributed by atoms with Gasteiger partial charge >= 0.3 is 5.69 Å². The van der Waals surface area contributed by atoms with Crippen LogP contribution in [0.5, 0.6) is 0 Å². The van der Waals surface area contributed by atoms with Crippen LogP contribution in [0.15, 0.2) is 85.2 Å². The Kier molecular flexibility index (Phi) is 7.50. The molecular weight excluding hydrogens is 502 g/mol. The lowest BCUT2D eigenvalue weighted by atomic mass is 9.99. The summed E-state index contributed by atoms with van der Waals surface area (Å²) in [5.41, 5.74) is 5.30. The molecule has 0 radical (unpaired) electrons. The molecule has 0 atom stereocenters. The molecule has 0 aliphatic carbocycles. The lowest BCUT2D eigenvalue weighted by Gasteiger charge is -2.20. The molecule has 3 aromatic carbocycles. The van der Waals surface area contributed by atoms with Gasteiger partial charge in [0.15, 0.2) is 0 Å². The molecule has 0 saturated carbocycles. The lowest BCUT2D eigenvalue weighted by molar-refractivity contribution is -0.384. The van der Waals surface area contributed by atoms with Crippen molar-refractivity contribution in [1.82, 2.24) is 15.4 Å². The van der Waals surface area contributed by atoms with Gasteiger partial charge in [-0.25, -0.2) is 9.97 Å². The fourth-order valence-electron chi connectivity index (χ4n) is 3.52. The quantitative estimate of drug-likeness (QED) is 0.206. The third kappa shape index (κ3) is 5.77. The number of carbonyl (C=O) groups is 1. The molecule has 0 spiro atoms. The highest BCUT2D eigenvalue weighted by Crippen LogP contribution is 2.33. The summed E-state index contributed by atoms with van der Waals surface area (Å²) in [5, 5.41) is 26.1. The molecule has 0 unspecified atom stereocenters. The van der Waals surface area contributed by atoms with Crippen LogP contribution in [0.3, 0.4) is 0 Å². The molecule has 0 aliphatic heterocycles. The van der Waals surface area contributed by atoms with Crippen LogP contribution >= 0.6 is 11.6 Å². The Bertz CT molecular complexity index is 1420. The largest absolute Gasteiger partial charge is 0.354 e. The first-order valence-electron chi connectivity index (χ1n) is 10.7. The Morgan fingerprint density at radius 1 is 0.838 bits per heavy atom. The molecule has 0 aliphatic rings. The number of rotatable bonds is 9. The summed E-state index contributed by atoms with van der Waals surface area (Å²) in [5.74, 6) is -1.18. The van der Waals surface area contributed by atoms with Gasteiger partial charge in [-0.15, -0.1) is 0 Å². The van der Waals surface area contributed by atoms with Gasteiger partial charge in [0.25, 0.3) is 11.6 Å². The zero-order valence-corrected chi connectivity index (χ0v) is 19.6.